The monoisotopic (exact) mass is 604 g/mol. The van der Waals surface area contributed by atoms with Crippen LogP contribution in [0.3, 0.4) is 0 Å². The number of likely N-dealkylation sites (tertiary alicyclic amines) is 1. The van der Waals surface area contributed by atoms with E-state index >= 15 is 0 Å². The van der Waals surface area contributed by atoms with E-state index in [1.54, 1.807) is 4.90 Å². The van der Waals surface area contributed by atoms with Gasteiger partial charge in [0.05, 0.1) is 23.1 Å². The Morgan fingerprint density at radius 1 is 0.889 bits per heavy atom. The number of aryl methyl sites for hydroxylation is 1. The van der Waals surface area contributed by atoms with Gasteiger partial charge in [-0.25, -0.2) is 9.78 Å². The molecule has 45 heavy (non-hydrogen) atoms. The predicted molar refractivity (Wildman–Crippen MR) is 175 cm³/mol. The fourth-order valence-electron chi connectivity index (χ4n) is 6.59. The molecule has 4 heterocycles. The quantitative estimate of drug-likeness (QED) is 0.284. The van der Waals surface area contributed by atoms with E-state index in [2.05, 4.69) is 11.0 Å². The Balaban J connectivity index is 1.21. The summed E-state index contributed by atoms with van der Waals surface area (Å²) in [6.45, 7) is 9.99. The molecular formula is C36H40N6O3. The van der Waals surface area contributed by atoms with Gasteiger partial charge >= 0.3 is 6.09 Å². The predicted octanol–water partition coefficient (Wildman–Crippen LogP) is 5.85. The van der Waals surface area contributed by atoms with E-state index in [1.807, 2.05) is 97.9 Å². The number of carbonyl (C=O) groups excluding carboxylic acids is 2. The Kier molecular flexibility index (Phi) is 8.59. The van der Waals surface area contributed by atoms with Crippen molar-refractivity contribution in [3.8, 4) is 28.6 Å². The molecule has 0 saturated carbocycles. The standard InChI is InChI=1S/C36H40N6O3/c1-24(2)45-36(44)42-14-12-29(13-15-42)40-16-18-41(19-17-40)35(43)28-21-32(26-8-6-5-7-9-26)38-33(22-28)27-10-11-34-30(20-27)31(23-37)25(3)39(34)4/h5-11,20-22,24,29H,12-19H2,1-4H3. The summed E-state index contributed by atoms with van der Waals surface area (Å²) in [4.78, 5) is 37.5. The maximum atomic E-state index is 14.0. The summed E-state index contributed by atoms with van der Waals surface area (Å²) in [5.41, 5.74) is 6.42. The lowest BCUT2D eigenvalue weighted by molar-refractivity contribution is 0.0359. The SMILES string of the molecule is Cc1c(C#N)c2cc(-c3cc(C(=O)N4CCN(C5CCN(C(=O)OC(C)C)CC5)CC4)cc(-c4ccccc4)n3)ccc2n1C. The van der Waals surface area contributed by atoms with Crippen molar-refractivity contribution in [3.63, 3.8) is 0 Å². The van der Waals surface area contributed by atoms with Crippen LogP contribution < -0.4 is 0 Å². The van der Waals surface area contributed by atoms with Crippen LogP contribution in [-0.4, -0.2) is 87.7 Å². The van der Waals surface area contributed by atoms with Crippen LogP contribution >= 0.6 is 0 Å². The fraction of sp³-hybridized carbons (Fsp3) is 0.389. The number of nitrogens with zero attached hydrogens (tertiary/aromatic N) is 6. The number of piperazine rings is 1. The van der Waals surface area contributed by atoms with Crippen LogP contribution in [0.25, 0.3) is 33.4 Å². The van der Waals surface area contributed by atoms with Crippen molar-refractivity contribution in [1.29, 1.82) is 5.26 Å². The van der Waals surface area contributed by atoms with Crippen molar-refractivity contribution < 1.29 is 14.3 Å². The average Bonchev–Trinajstić information content (AvgIpc) is 3.32. The molecule has 2 fully saturated rings. The van der Waals surface area contributed by atoms with Crippen molar-refractivity contribution in [2.75, 3.05) is 39.3 Å². The molecule has 2 aromatic heterocycles. The lowest BCUT2D eigenvalue weighted by Crippen LogP contribution is -2.54. The summed E-state index contributed by atoms with van der Waals surface area (Å²) in [7, 11) is 1.97. The number of hydrogen-bond acceptors (Lipinski definition) is 6. The lowest BCUT2D eigenvalue weighted by atomic mass is 10.0. The molecular weight excluding hydrogens is 564 g/mol. The van der Waals surface area contributed by atoms with E-state index in [4.69, 9.17) is 9.72 Å². The van der Waals surface area contributed by atoms with Gasteiger partial charge in [-0.1, -0.05) is 36.4 Å². The third kappa shape index (κ3) is 6.16. The molecule has 0 aliphatic carbocycles. The summed E-state index contributed by atoms with van der Waals surface area (Å²) < 4.78 is 7.40. The zero-order valence-electron chi connectivity index (χ0n) is 26.5. The summed E-state index contributed by atoms with van der Waals surface area (Å²) in [5, 5.41) is 10.7. The Morgan fingerprint density at radius 3 is 2.20 bits per heavy atom. The minimum absolute atomic E-state index is 0.00363. The maximum absolute atomic E-state index is 14.0. The second kappa shape index (κ2) is 12.7. The molecule has 232 valence electrons. The first-order valence-electron chi connectivity index (χ1n) is 15.8. The molecule has 2 saturated heterocycles. The second-order valence-corrected chi connectivity index (χ2v) is 12.3. The highest BCUT2D eigenvalue weighted by Crippen LogP contribution is 2.31. The molecule has 6 rings (SSSR count). The summed E-state index contributed by atoms with van der Waals surface area (Å²) in [6.07, 6.45) is 1.48. The first-order chi connectivity index (χ1) is 21.7. The number of fused-ring (bicyclic) bond motifs is 1. The molecule has 4 aromatic rings. The topological polar surface area (TPSA) is 94.7 Å². The highest BCUT2D eigenvalue weighted by atomic mass is 16.6. The number of benzene rings is 2. The van der Waals surface area contributed by atoms with Gasteiger partial charge < -0.3 is 19.1 Å². The van der Waals surface area contributed by atoms with Crippen LogP contribution in [-0.2, 0) is 11.8 Å². The third-order valence-corrected chi connectivity index (χ3v) is 9.22. The first-order valence-corrected chi connectivity index (χ1v) is 15.8. The lowest BCUT2D eigenvalue weighted by Gasteiger charge is -2.42. The van der Waals surface area contributed by atoms with Crippen LogP contribution in [0.15, 0.2) is 60.7 Å². The molecule has 2 aliphatic heterocycles. The first kappa shape index (κ1) is 30.4. The Morgan fingerprint density at radius 2 is 1.56 bits per heavy atom. The van der Waals surface area contributed by atoms with Gasteiger partial charge in [-0.15, -0.1) is 0 Å². The molecule has 9 nitrogen and oxygen atoms in total. The number of amides is 2. The third-order valence-electron chi connectivity index (χ3n) is 9.22. The van der Waals surface area contributed by atoms with E-state index in [0.29, 0.717) is 49.0 Å². The van der Waals surface area contributed by atoms with E-state index in [-0.39, 0.29) is 18.1 Å². The normalized spacial score (nSPS) is 16.3. The van der Waals surface area contributed by atoms with Gasteiger partial charge in [0.25, 0.3) is 5.91 Å². The molecule has 0 spiro atoms. The van der Waals surface area contributed by atoms with E-state index in [1.165, 1.54) is 0 Å². The van der Waals surface area contributed by atoms with Gasteiger partial charge in [-0.2, -0.15) is 5.26 Å². The van der Waals surface area contributed by atoms with Crippen molar-refractivity contribution >= 4 is 22.9 Å². The molecule has 9 heteroatoms. The fourth-order valence-corrected chi connectivity index (χ4v) is 6.59. The number of piperidine rings is 1. The van der Waals surface area contributed by atoms with Crippen molar-refractivity contribution in [3.05, 3.63) is 77.5 Å². The van der Waals surface area contributed by atoms with Crippen molar-refractivity contribution in [2.24, 2.45) is 7.05 Å². The smallest absolute Gasteiger partial charge is 0.410 e. The summed E-state index contributed by atoms with van der Waals surface area (Å²) in [5.74, 6) is -0.00363. The molecule has 2 amide bonds. The number of ether oxygens (including phenoxy) is 1. The van der Waals surface area contributed by atoms with Crippen molar-refractivity contribution in [2.45, 2.75) is 45.8 Å². The molecule has 0 N–H and O–H groups in total. The molecule has 0 radical (unpaired) electrons. The largest absolute Gasteiger partial charge is 0.447 e. The Bertz CT molecular complexity index is 1760. The Labute approximate surface area is 264 Å². The number of aromatic nitrogens is 2. The zero-order valence-corrected chi connectivity index (χ0v) is 26.5. The van der Waals surface area contributed by atoms with Gasteiger partial charge in [0.2, 0.25) is 0 Å². The Hall–Kier alpha value is -4.68. The minimum atomic E-state index is -0.227. The van der Waals surface area contributed by atoms with Gasteiger partial charge in [-0.05, 0) is 57.9 Å². The second-order valence-electron chi connectivity index (χ2n) is 12.3. The molecule has 0 bridgehead atoms. The molecule has 0 atom stereocenters. The highest BCUT2D eigenvalue weighted by Gasteiger charge is 2.31. The van der Waals surface area contributed by atoms with Gasteiger partial charge in [0, 0.05) is 85.6 Å². The number of rotatable bonds is 5. The van der Waals surface area contributed by atoms with E-state index < -0.39 is 0 Å². The minimum Gasteiger partial charge on any atom is -0.447 e. The summed E-state index contributed by atoms with van der Waals surface area (Å²) >= 11 is 0. The van der Waals surface area contributed by atoms with Crippen LogP contribution in [0.5, 0.6) is 0 Å². The number of hydrogen-bond donors (Lipinski definition) is 0. The number of carbonyl (C=O) groups is 2. The van der Waals surface area contributed by atoms with Crippen LogP contribution in [0.1, 0.15) is 48.3 Å². The number of nitriles is 1. The van der Waals surface area contributed by atoms with Gasteiger partial charge in [0.15, 0.2) is 0 Å². The molecule has 2 aliphatic rings. The zero-order chi connectivity index (χ0) is 31.7. The van der Waals surface area contributed by atoms with Crippen LogP contribution in [0, 0.1) is 18.3 Å². The van der Waals surface area contributed by atoms with Crippen LogP contribution in [0.2, 0.25) is 0 Å². The van der Waals surface area contributed by atoms with Crippen molar-refractivity contribution in [1.82, 2.24) is 24.3 Å². The van der Waals surface area contributed by atoms with Gasteiger partial charge in [0.1, 0.15) is 6.07 Å². The maximum Gasteiger partial charge on any atom is 0.410 e. The van der Waals surface area contributed by atoms with E-state index in [9.17, 15) is 14.9 Å². The van der Waals surface area contributed by atoms with E-state index in [0.717, 1.165) is 59.3 Å². The average molecular weight is 605 g/mol. The molecule has 0 unspecified atom stereocenters. The number of pyridine rings is 1. The molecule has 2 aromatic carbocycles. The van der Waals surface area contributed by atoms with Crippen LogP contribution in [0.4, 0.5) is 4.79 Å². The van der Waals surface area contributed by atoms with Gasteiger partial charge in [-0.3, -0.25) is 9.69 Å². The summed E-state index contributed by atoms with van der Waals surface area (Å²) in [6, 6.07) is 22.5. The highest BCUT2D eigenvalue weighted by molar-refractivity contribution is 5.97.